The number of aryl methyl sites for hydroxylation is 1. The topological polar surface area (TPSA) is 94.7 Å². The fraction of sp³-hybridized carbons (Fsp3) is 0.200. The van der Waals surface area contributed by atoms with Gasteiger partial charge >= 0.3 is 0 Å². The van der Waals surface area contributed by atoms with Gasteiger partial charge in [-0.25, -0.2) is 4.98 Å². The maximum Gasteiger partial charge on any atom is 0.172 e. The first kappa shape index (κ1) is 27.6. The molecule has 0 unspecified atom stereocenters. The Morgan fingerprint density at radius 2 is 1.93 bits per heavy atom. The highest BCUT2D eigenvalue weighted by Crippen LogP contribution is 2.36. The van der Waals surface area contributed by atoms with Crippen molar-refractivity contribution in [2.24, 2.45) is 7.05 Å². The van der Waals surface area contributed by atoms with E-state index in [4.69, 9.17) is 11.6 Å². The van der Waals surface area contributed by atoms with E-state index >= 15 is 0 Å². The molecule has 0 bridgehead atoms. The van der Waals surface area contributed by atoms with Crippen LogP contribution in [0.2, 0.25) is 5.02 Å². The second-order valence-electron chi connectivity index (χ2n) is 9.62. The monoisotopic (exact) mass is 568 g/mol. The minimum absolute atomic E-state index is 0.451. The summed E-state index contributed by atoms with van der Waals surface area (Å²) in [5, 5.41) is 18.9. The van der Waals surface area contributed by atoms with Gasteiger partial charge < -0.3 is 20.1 Å². The number of nitrogens with one attached hydrogen (secondary N) is 2. The van der Waals surface area contributed by atoms with Crippen LogP contribution in [0.4, 0.5) is 11.4 Å². The summed E-state index contributed by atoms with van der Waals surface area (Å²) in [6, 6.07) is 18.1. The zero-order chi connectivity index (χ0) is 28.1. The SMILES string of the molecule is CN(C)CCNCc1ccc(-c2ccc3c(Nc4ccc(Sc5nccn5C)c(Cl)c4)c(C#N)cnc3c2)nc1. The first-order valence-corrected chi connectivity index (χ1v) is 14.0. The van der Waals surface area contributed by atoms with Crippen molar-refractivity contribution < 1.29 is 0 Å². The molecule has 0 aliphatic rings. The van der Waals surface area contributed by atoms with Gasteiger partial charge in [0.05, 0.1) is 27.5 Å². The number of imidazole rings is 1. The number of hydrogen-bond acceptors (Lipinski definition) is 8. The standard InChI is InChI=1S/C30H29ClN8S/c1-38(2)12-10-33-17-20-4-8-26(35-18-20)21-5-7-24-27(14-21)36-19-22(16-32)29(24)37-23-6-9-28(25(31)15-23)40-30-34-11-13-39(30)3/h4-9,11,13-15,18-19,33H,10,12,17H2,1-3H3,(H,36,37). The Morgan fingerprint density at radius 3 is 2.62 bits per heavy atom. The van der Waals surface area contributed by atoms with E-state index in [9.17, 15) is 5.26 Å². The van der Waals surface area contributed by atoms with Crippen molar-refractivity contribution in [3.63, 3.8) is 0 Å². The lowest BCUT2D eigenvalue weighted by Crippen LogP contribution is -2.26. The molecule has 0 radical (unpaired) electrons. The van der Waals surface area contributed by atoms with E-state index in [-0.39, 0.29) is 0 Å². The zero-order valence-corrected chi connectivity index (χ0v) is 24.1. The molecule has 0 saturated carbocycles. The van der Waals surface area contributed by atoms with Crippen molar-refractivity contribution >= 4 is 45.6 Å². The number of anilines is 2. The van der Waals surface area contributed by atoms with Gasteiger partial charge in [-0.2, -0.15) is 5.26 Å². The van der Waals surface area contributed by atoms with Crippen molar-refractivity contribution in [2.75, 3.05) is 32.5 Å². The zero-order valence-electron chi connectivity index (χ0n) is 22.5. The van der Waals surface area contributed by atoms with Crippen molar-refractivity contribution in [3.05, 3.63) is 89.5 Å². The summed E-state index contributed by atoms with van der Waals surface area (Å²) in [6.45, 7) is 2.69. The van der Waals surface area contributed by atoms with E-state index in [1.54, 1.807) is 12.4 Å². The molecule has 202 valence electrons. The second kappa shape index (κ2) is 12.5. The smallest absolute Gasteiger partial charge is 0.172 e. The van der Waals surface area contributed by atoms with Crippen molar-refractivity contribution in [3.8, 4) is 17.3 Å². The van der Waals surface area contributed by atoms with Gasteiger partial charge in [0.1, 0.15) is 6.07 Å². The van der Waals surface area contributed by atoms with E-state index in [0.29, 0.717) is 16.3 Å². The van der Waals surface area contributed by atoms with E-state index in [0.717, 1.165) is 63.1 Å². The molecule has 3 heterocycles. The Kier molecular flexibility index (Phi) is 8.63. The highest BCUT2D eigenvalue weighted by molar-refractivity contribution is 7.99. The van der Waals surface area contributed by atoms with Gasteiger partial charge in [-0.3, -0.25) is 9.97 Å². The third-order valence-electron chi connectivity index (χ3n) is 6.35. The minimum atomic E-state index is 0.451. The molecule has 0 amide bonds. The number of benzene rings is 2. The van der Waals surface area contributed by atoms with Crippen LogP contribution < -0.4 is 10.6 Å². The number of nitrogens with zero attached hydrogens (tertiary/aromatic N) is 6. The maximum atomic E-state index is 9.80. The van der Waals surface area contributed by atoms with E-state index in [2.05, 4.69) is 56.7 Å². The van der Waals surface area contributed by atoms with Gasteiger partial charge in [-0.15, -0.1) is 0 Å². The highest BCUT2D eigenvalue weighted by Gasteiger charge is 2.13. The van der Waals surface area contributed by atoms with Crippen LogP contribution in [0.25, 0.3) is 22.2 Å². The predicted octanol–water partition coefficient (Wildman–Crippen LogP) is 6.10. The Hall–Kier alpha value is -3.94. The number of aromatic nitrogens is 4. The van der Waals surface area contributed by atoms with Gasteiger partial charge in [0, 0.05) is 73.0 Å². The van der Waals surface area contributed by atoms with Crippen LogP contribution in [0.15, 0.2) is 83.4 Å². The molecule has 0 spiro atoms. The number of likely N-dealkylation sites (N-methyl/N-ethyl adjacent to an activating group) is 1. The molecular weight excluding hydrogens is 540 g/mol. The van der Waals surface area contributed by atoms with Crippen molar-refractivity contribution in [1.29, 1.82) is 5.26 Å². The lowest BCUT2D eigenvalue weighted by molar-refractivity contribution is 0.400. The first-order chi connectivity index (χ1) is 19.4. The third-order valence-corrected chi connectivity index (χ3v) is 7.93. The molecule has 0 saturated heterocycles. The summed E-state index contributed by atoms with van der Waals surface area (Å²) in [4.78, 5) is 16.6. The largest absolute Gasteiger partial charge is 0.354 e. The number of fused-ring (bicyclic) bond motifs is 1. The number of halogens is 1. The van der Waals surface area contributed by atoms with Crippen LogP contribution in [0.1, 0.15) is 11.1 Å². The lowest BCUT2D eigenvalue weighted by Gasteiger charge is -2.14. The molecule has 5 rings (SSSR count). The van der Waals surface area contributed by atoms with Gasteiger partial charge in [-0.05, 0) is 56.1 Å². The van der Waals surface area contributed by atoms with Gasteiger partial charge in [0.25, 0.3) is 0 Å². The Morgan fingerprint density at radius 1 is 1.05 bits per heavy atom. The summed E-state index contributed by atoms with van der Waals surface area (Å²) in [5.41, 5.74) is 5.64. The molecule has 40 heavy (non-hydrogen) atoms. The summed E-state index contributed by atoms with van der Waals surface area (Å²) in [5.74, 6) is 0. The van der Waals surface area contributed by atoms with Crippen LogP contribution in [0.5, 0.6) is 0 Å². The Bertz CT molecular complexity index is 1670. The molecule has 3 aromatic heterocycles. The first-order valence-electron chi connectivity index (χ1n) is 12.8. The molecule has 5 aromatic rings. The average molecular weight is 569 g/mol. The molecule has 0 fully saturated rings. The van der Waals surface area contributed by atoms with Crippen LogP contribution in [-0.2, 0) is 13.6 Å². The maximum absolute atomic E-state index is 9.80. The third kappa shape index (κ3) is 6.43. The van der Waals surface area contributed by atoms with Crippen LogP contribution in [0.3, 0.4) is 0 Å². The normalized spacial score (nSPS) is 11.2. The van der Waals surface area contributed by atoms with Crippen molar-refractivity contribution in [1.82, 2.24) is 29.7 Å². The lowest BCUT2D eigenvalue weighted by atomic mass is 10.0. The fourth-order valence-corrected chi connectivity index (χ4v) is 5.27. The summed E-state index contributed by atoms with van der Waals surface area (Å²) >= 11 is 8.11. The second-order valence-corrected chi connectivity index (χ2v) is 11.0. The Balaban J connectivity index is 1.36. The quantitative estimate of drug-likeness (QED) is 0.195. The number of hydrogen-bond donors (Lipinski definition) is 2. The Labute approximate surface area is 243 Å². The highest BCUT2D eigenvalue weighted by atomic mass is 35.5. The minimum Gasteiger partial charge on any atom is -0.354 e. The van der Waals surface area contributed by atoms with Crippen LogP contribution in [-0.4, -0.2) is 51.6 Å². The molecule has 2 N–H and O–H groups in total. The predicted molar refractivity (Wildman–Crippen MR) is 162 cm³/mol. The van der Waals surface area contributed by atoms with E-state index in [1.807, 2.05) is 66.5 Å². The van der Waals surface area contributed by atoms with Gasteiger partial charge in [-0.1, -0.05) is 35.5 Å². The van der Waals surface area contributed by atoms with Gasteiger partial charge in [0.15, 0.2) is 5.16 Å². The van der Waals surface area contributed by atoms with Crippen LogP contribution >= 0.6 is 23.4 Å². The van der Waals surface area contributed by atoms with Gasteiger partial charge in [0.2, 0.25) is 0 Å². The number of rotatable bonds is 10. The molecule has 0 aliphatic carbocycles. The van der Waals surface area contributed by atoms with E-state index < -0.39 is 0 Å². The van der Waals surface area contributed by atoms with Crippen molar-refractivity contribution in [2.45, 2.75) is 16.6 Å². The summed E-state index contributed by atoms with van der Waals surface area (Å²) in [6.07, 6.45) is 7.15. The molecule has 0 atom stereocenters. The number of pyridine rings is 2. The van der Waals surface area contributed by atoms with Crippen LogP contribution in [0, 0.1) is 11.3 Å². The molecule has 0 aliphatic heterocycles. The summed E-state index contributed by atoms with van der Waals surface area (Å²) < 4.78 is 1.94. The molecular formula is C30H29ClN8S. The summed E-state index contributed by atoms with van der Waals surface area (Å²) in [7, 11) is 6.07. The fourth-order valence-electron chi connectivity index (χ4n) is 4.16. The van der Waals surface area contributed by atoms with E-state index in [1.165, 1.54) is 11.8 Å². The molecule has 10 heteroatoms. The molecule has 8 nitrogen and oxygen atoms in total. The average Bonchev–Trinajstić information content (AvgIpc) is 3.36. The number of nitriles is 1. The molecule has 2 aromatic carbocycles.